The predicted molar refractivity (Wildman–Crippen MR) is 127 cm³/mol. The highest BCUT2D eigenvalue weighted by molar-refractivity contribution is 6.51. The molecule has 174 valence electrons. The number of methoxy groups -OCH3 is 1. The molecule has 1 amide bonds. The summed E-state index contributed by atoms with van der Waals surface area (Å²) in [5, 5.41) is 11.4. The number of ether oxygens (including phenoxy) is 1. The molecule has 1 aromatic heterocycles. The van der Waals surface area contributed by atoms with Crippen LogP contribution in [-0.4, -0.2) is 28.9 Å². The van der Waals surface area contributed by atoms with Gasteiger partial charge < -0.3 is 9.84 Å². The summed E-state index contributed by atoms with van der Waals surface area (Å²) < 4.78 is 19.5. The number of halogens is 1. The average molecular weight is 461 g/mol. The number of benzene rings is 2. The lowest BCUT2D eigenvalue weighted by Crippen LogP contribution is -2.29. The first-order valence-corrected chi connectivity index (χ1v) is 10.9. The summed E-state index contributed by atoms with van der Waals surface area (Å²) in [5.74, 6) is -1.83. The number of aliphatic hydroxyl groups excluding tert-OH is 1. The van der Waals surface area contributed by atoms with Crippen LogP contribution in [0.15, 0.2) is 66.4 Å². The molecule has 1 saturated heterocycles. The van der Waals surface area contributed by atoms with Gasteiger partial charge in [-0.15, -0.1) is 0 Å². The Labute approximate surface area is 197 Å². The molecule has 7 heteroatoms. The second-order valence-corrected chi connectivity index (χ2v) is 8.47. The zero-order valence-corrected chi connectivity index (χ0v) is 19.4. The van der Waals surface area contributed by atoms with Gasteiger partial charge in [0.15, 0.2) is 0 Å². The third-order valence-electron chi connectivity index (χ3n) is 5.95. The Bertz CT molecular complexity index is 1300. The Morgan fingerprint density at radius 3 is 2.50 bits per heavy atom. The first-order valence-electron chi connectivity index (χ1n) is 10.9. The fourth-order valence-corrected chi connectivity index (χ4v) is 4.27. The van der Waals surface area contributed by atoms with Crippen molar-refractivity contribution in [1.82, 2.24) is 4.98 Å². The molecule has 0 radical (unpaired) electrons. The standard InChI is InChI=1S/C27H25FN2O4/c1-15(2)19-14-20(16(3)12-22(19)34-4)25(31)23-24(21-10-5-6-11-29-21)30(27(33)26(23)32)18-9-7-8-17(28)13-18/h5-15,24,31H,1-4H3/b25-23+. The van der Waals surface area contributed by atoms with Gasteiger partial charge in [-0.25, -0.2) is 4.39 Å². The summed E-state index contributed by atoms with van der Waals surface area (Å²) in [5.41, 5.74) is 2.42. The van der Waals surface area contributed by atoms with Crippen molar-refractivity contribution in [2.75, 3.05) is 12.0 Å². The molecule has 1 aliphatic heterocycles. The van der Waals surface area contributed by atoms with Crippen molar-refractivity contribution in [3.63, 3.8) is 0 Å². The maximum Gasteiger partial charge on any atom is 0.300 e. The zero-order chi connectivity index (χ0) is 24.6. The van der Waals surface area contributed by atoms with Crippen LogP contribution >= 0.6 is 0 Å². The van der Waals surface area contributed by atoms with E-state index in [1.54, 1.807) is 50.4 Å². The highest BCUT2D eigenvalue weighted by atomic mass is 19.1. The minimum absolute atomic E-state index is 0.0865. The van der Waals surface area contributed by atoms with Crippen molar-refractivity contribution in [3.8, 4) is 5.75 Å². The number of pyridine rings is 1. The third kappa shape index (κ3) is 3.94. The van der Waals surface area contributed by atoms with E-state index in [0.717, 1.165) is 5.56 Å². The molecule has 3 aromatic rings. The number of carbonyl (C=O) groups is 2. The molecular formula is C27H25FN2O4. The number of hydrogen-bond donors (Lipinski definition) is 1. The van der Waals surface area contributed by atoms with Crippen LogP contribution in [0.4, 0.5) is 10.1 Å². The molecule has 0 spiro atoms. The summed E-state index contributed by atoms with van der Waals surface area (Å²) in [6.07, 6.45) is 1.54. The SMILES string of the molecule is COc1cc(C)c(/C(O)=C2\C(=O)C(=O)N(c3cccc(F)c3)C2c2ccccn2)cc1C(C)C. The molecule has 34 heavy (non-hydrogen) atoms. The van der Waals surface area contributed by atoms with Crippen molar-refractivity contribution in [3.05, 3.63) is 94.6 Å². The monoisotopic (exact) mass is 460 g/mol. The molecule has 2 aromatic carbocycles. The maximum atomic E-state index is 14.0. The molecule has 6 nitrogen and oxygen atoms in total. The molecule has 1 N–H and O–H groups in total. The zero-order valence-electron chi connectivity index (χ0n) is 19.4. The van der Waals surface area contributed by atoms with E-state index >= 15 is 0 Å². The number of hydrogen-bond acceptors (Lipinski definition) is 5. The number of aryl methyl sites for hydroxylation is 1. The van der Waals surface area contributed by atoms with E-state index in [2.05, 4.69) is 4.98 Å². The van der Waals surface area contributed by atoms with Crippen LogP contribution in [0, 0.1) is 12.7 Å². The van der Waals surface area contributed by atoms with Gasteiger partial charge in [-0.1, -0.05) is 26.0 Å². The van der Waals surface area contributed by atoms with Crippen LogP contribution in [0.1, 0.15) is 48.2 Å². The van der Waals surface area contributed by atoms with Gasteiger partial charge in [-0.05, 0) is 66.4 Å². The average Bonchev–Trinajstić information content (AvgIpc) is 3.09. The second kappa shape index (κ2) is 9.09. The van der Waals surface area contributed by atoms with Crippen LogP contribution in [-0.2, 0) is 9.59 Å². The molecule has 1 atom stereocenters. The van der Waals surface area contributed by atoms with E-state index in [4.69, 9.17) is 4.74 Å². The number of nitrogens with zero attached hydrogens (tertiary/aromatic N) is 2. The van der Waals surface area contributed by atoms with Gasteiger partial charge in [0.2, 0.25) is 0 Å². The Hall–Kier alpha value is -4.00. The summed E-state index contributed by atoms with van der Waals surface area (Å²) in [6, 6.07) is 13.1. The van der Waals surface area contributed by atoms with Gasteiger partial charge in [-0.2, -0.15) is 0 Å². The van der Waals surface area contributed by atoms with Crippen LogP contribution in [0.3, 0.4) is 0 Å². The number of anilines is 1. The first-order chi connectivity index (χ1) is 16.2. The van der Waals surface area contributed by atoms with Gasteiger partial charge >= 0.3 is 0 Å². The van der Waals surface area contributed by atoms with Crippen LogP contribution < -0.4 is 9.64 Å². The largest absolute Gasteiger partial charge is 0.507 e. The molecular weight excluding hydrogens is 435 g/mol. The third-order valence-corrected chi connectivity index (χ3v) is 5.95. The summed E-state index contributed by atoms with van der Waals surface area (Å²) in [7, 11) is 1.58. The second-order valence-electron chi connectivity index (χ2n) is 8.47. The van der Waals surface area contributed by atoms with E-state index in [1.165, 1.54) is 29.3 Å². The summed E-state index contributed by atoms with van der Waals surface area (Å²) in [4.78, 5) is 32.0. The van der Waals surface area contributed by atoms with E-state index in [-0.39, 0.29) is 22.9 Å². The molecule has 1 fully saturated rings. The highest BCUT2D eigenvalue weighted by Crippen LogP contribution is 2.43. The van der Waals surface area contributed by atoms with Crippen molar-refractivity contribution < 1.29 is 23.8 Å². The van der Waals surface area contributed by atoms with Gasteiger partial charge in [0.25, 0.3) is 11.7 Å². The first kappa shape index (κ1) is 23.2. The molecule has 0 saturated carbocycles. The van der Waals surface area contributed by atoms with Gasteiger partial charge in [0.1, 0.15) is 23.4 Å². The lowest BCUT2D eigenvalue weighted by molar-refractivity contribution is -0.132. The van der Waals surface area contributed by atoms with Gasteiger partial charge in [0.05, 0.1) is 18.4 Å². The molecule has 0 aliphatic carbocycles. The lowest BCUT2D eigenvalue weighted by Gasteiger charge is -2.25. The number of rotatable bonds is 5. The fraction of sp³-hybridized carbons (Fsp3) is 0.222. The van der Waals surface area contributed by atoms with Gasteiger partial charge in [-0.3, -0.25) is 19.5 Å². The lowest BCUT2D eigenvalue weighted by atomic mass is 9.92. The molecule has 1 unspecified atom stereocenters. The number of amides is 1. The maximum absolute atomic E-state index is 14.0. The Morgan fingerprint density at radius 2 is 1.88 bits per heavy atom. The van der Waals surface area contributed by atoms with E-state index in [9.17, 15) is 19.1 Å². The quantitative estimate of drug-likeness (QED) is 0.318. The number of Topliss-reactive ketones (excluding diaryl/α,β-unsaturated/α-hetero) is 1. The molecule has 2 heterocycles. The summed E-state index contributed by atoms with van der Waals surface area (Å²) in [6.45, 7) is 5.78. The smallest absolute Gasteiger partial charge is 0.300 e. The van der Waals surface area contributed by atoms with Crippen LogP contribution in [0.2, 0.25) is 0 Å². The minimum Gasteiger partial charge on any atom is -0.507 e. The minimum atomic E-state index is -1.02. The Kier molecular flexibility index (Phi) is 6.20. The number of ketones is 1. The highest BCUT2D eigenvalue weighted by Gasteiger charge is 2.47. The van der Waals surface area contributed by atoms with Crippen molar-refractivity contribution in [2.45, 2.75) is 32.7 Å². The molecule has 0 bridgehead atoms. The van der Waals surface area contributed by atoms with E-state index in [1.807, 2.05) is 13.8 Å². The Balaban J connectivity index is 1.98. The topological polar surface area (TPSA) is 79.7 Å². The number of aromatic nitrogens is 1. The van der Waals surface area contributed by atoms with Crippen molar-refractivity contribution in [2.24, 2.45) is 0 Å². The molecule has 4 rings (SSSR count). The Morgan fingerprint density at radius 1 is 1.12 bits per heavy atom. The predicted octanol–water partition coefficient (Wildman–Crippen LogP) is 5.29. The summed E-state index contributed by atoms with van der Waals surface area (Å²) >= 11 is 0. The number of carbonyl (C=O) groups excluding carboxylic acids is 2. The normalized spacial score (nSPS) is 17.5. The van der Waals surface area contributed by atoms with Crippen molar-refractivity contribution >= 4 is 23.1 Å². The van der Waals surface area contributed by atoms with Crippen molar-refractivity contribution in [1.29, 1.82) is 0 Å². The fourth-order valence-electron chi connectivity index (χ4n) is 4.27. The number of aliphatic hydroxyl groups is 1. The van der Waals surface area contributed by atoms with E-state index in [0.29, 0.717) is 22.6 Å². The van der Waals surface area contributed by atoms with Gasteiger partial charge in [0, 0.05) is 17.4 Å². The van der Waals surface area contributed by atoms with Crippen LogP contribution in [0.5, 0.6) is 5.75 Å². The van der Waals surface area contributed by atoms with E-state index < -0.39 is 23.5 Å². The van der Waals surface area contributed by atoms with Crippen LogP contribution in [0.25, 0.3) is 5.76 Å². The molecule has 1 aliphatic rings.